The van der Waals surface area contributed by atoms with Gasteiger partial charge < -0.3 is 30.3 Å². The van der Waals surface area contributed by atoms with E-state index in [0.29, 0.717) is 23.2 Å². The molecule has 1 unspecified atom stereocenters. The number of nitrogens with zero attached hydrogens (tertiary/aromatic N) is 4. The van der Waals surface area contributed by atoms with E-state index >= 15 is 0 Å². The Labute approximate surface area is 193 Å². The van der Waals surface area contributed by atoms with E-state index < -0.39 is 0 Å². The summed E-state index contributed by atoms with van der Waals surface area (Å²) in [5, 5.41) is 14.3. The summed E-state index contributed by atoms with van der Waals surface area (Å²) in [6.45, 7) is 2.39. The van der Waals surface area contributed by atoms with Crippen molar-refractivity contribution in [1.29, 1.82) is 0 Å². The maximum absolute atomic E-state index is 13.0. The number of hydrogen-bond donors (Lipinski definition) is 3. The first-order valence-corrected chi connectivity index (χ1v) is 11.5. The fourth-order valence-corrected chi connectivity index (χ4v) is 4.61. The predicted molar refractivity (Wildman–Crippen MR) is 125 cm³/mol. The molecule has 33 heavy (non-hydrogen) atoms. The largest absolute Gasteiger partial charge is 0.385 e. The number of nitrogens with one attached hydrogen (secondary N) is 3. The summed E-state index contributed by atoms with van der Waals surface area (Å²) in [7, 11) is 3.51. The van der Waals surface area contributed by atoms with Crippen LogP contribution >= 0.6 is 0 Å². The van der Waals surface area contributed by atoms with Gasteiger partial charge in [0.1, 0.15) is 0 Å². The monoisotopic (exact) mass is 453 g/mol. The number of fused-ring (bicyclic) bond motifs is 1. The van der Waals surface area contributed by atoms with Crippen LogP contribution in [0.3, 0.4) is 0 Å². The molecular formula is C23H31N7O3. The van der Waals surface area contributed by atoms with Crippen LogP contribution in [-0.4, -0.2) is 77.5 Å². The van der Waals surface area contributed by atoms with Gasteiger partial charge >= 0.3 is 0 Å². The van der Waals surface area contributed by atoms with E-state index in [0.717, 1.165) is 56.8 Å². The molecule has 10 heteroatoms. The number of anilines is 2. The number of amides is 1. The van der Waals surface area contributed by atoms with Crippen molar-refractivity contribution in [2.24, 2.45) is 0 Å². The molecule has 2 aliphatic heterocycles. The Morgan fingerprint density at radius 2 is 2.09 bits per heavy atom. The van der Waals surface area contributed by atoms with Gasteiger partial charge in [0.2, 0.25) is 0 Å². The zero-order valence-electron chi connectivity index (χ0n) is 19.1. The Kier molecular flexibility index (Phi) is 6.19. The number of imidazole rings is 1. The fourth-order valence-electron chi connectivity index (χ4n) is 4.61. The highest BCUT2D eigenvalue weighted by atomic mass is 16.5. The summed E-state index contributed by atoms with van der Waals surface area (Å²) >= 11 is 0. The minimum absolute atomic E-state index is 0.0217. The molecule has 1 aliphatic carbocycles. The normalized spacial score (nSPS) is 23.2. The average Bonchev–Trinajstić information content (AvgIpc) is 3.26. The highest BCUT2D eigenvalue weighted by molar-refractivity contribution is 5.94. The second-order valence-corrected chi connectivity index (χ2v) is 8.68. The van der Waals surface area contributed by atoms with Gasteiger partial charge in [-0.1, -0.05) is 0 Å². The van der Waals surface area contributed by atoms with Crippen LogP contribution in [0.2, 0.25) is 0 Å². The Hall–Kier alpha value is -3.11. The van der Waals surface area contributed by atoms with Crippen LogP contribution in [0.4, 0.5) is 11.5 Å². The molecule has 0 bridgehead atoms. The number of carbonyl (C=O) groups is 1. The smallest absolute Gasteiger partial charge is 0.271 e. The lowest BCUT2D eigenvalue weighted by Gasteiger charge is -2.35. The third kappa shape index (κ3) is 4.40. The van der Waals surface area contributed by atoms with Crippen molar-refractivity contribution in [3.05, 3.63) is 42.0 Å². The molecule has 2 atom stereocenters. The Morgan fingerprint density at radius 1 is 1.24 bits per heavy atom. The van der Waals surface area contributed by atoms with Crippen molar-refractivity contribution < 1.29 is 14.3 Å². The first-order chi connectivity index (χ1) is 16.2. The molecule has 2 fully saturated rings. The van der Waals surface area contributed by atoms with Gasteiger partial charge in [-0.2, -0.15) is 0 Å². The second-order valence-electron chi connectivity index (χ2n) is 8.68. The maximum atomic E-state index is 13.0. The van der Waals surface area contributed by atoms with Gasteiger partial charge in [-0.3, -0.25) is 4.79 Å². The van der Waals surface area contributed by atoms with Crippen LogP contribution in [0.1, 0.15) is 36.2 Å². The van der Waals surface area contributed by atoms with Crippen molar-refractivity contribution in [1.82, 2.24) is 24.8 Å². The molecule has 3 N–H and O–H groups in total. The Bertz CT molecular complexity index is 1070. The van der Waals surface area contributed by atoms with E-state index in [9.17, 15) is 4.79 Å². The Balaban J connectivity index is 1.35. The first-order valence-electron chi connectivity index (χ1n) is 11.5. The van der Waals surface area contributed by atoms with Gasteiger partial charge in [0.05, 0.1) is 30.6 Å². The van der Waals surface area contributed by atoms with Crippen molar-refractivity contribution in [2.45, 2.75) is 43.9 Å². The second kappa shape index (κ2) is 9.40. The number of hydrogen-bond acceptors (Lipinski definition) is 8. The molecule has 5 rings (SSSR count). The van der Waals surface area contributed by atoms with Crippen LogP contribution in [-0.2, 0) is 9.47 Å². The maximum Gasteiger partial charge on any atom is 0.271 e. The number of carbonyl (C=O) groups excluding carboxylic acids is 1. The lowest BCUT2D eigenvalue weighted by molar-refractivity contribution is 0.00718. The molecule has 1 saturated heterocycles. The van der Waals surface area contributed by atoms with E-state index in [-0.39, 0.29) is 18.1 Å². The van der Waals surface area contributed by atoms with Gasteiger partial charge in [-0.25, -0.2) is 9.50 Å². The molecular weight excluding hydrogens is 422 g/mol. The Morgan fingerprint density at radius 3 is 2.82 bits per heavy atom. The molecule has 176 valence electrons. The zero-order valence-corrected chi connectivity index (χ0v) is 19.1. The van der Waals surface area contributed by atoms with Crippen LogP contribution in [0, 0.1) is 0 Å². The van der Waals surface area contributed by atoms with Crippen molar-refractivity contribution in [3.8, 4) is 0 Å². The summed E-state index contributed by atoms with van der Waals surface area (Å²) in [5.74, 6) is 0.442. The van der Waals surface area contributed by atoms with Gasteiger partial charge in [-0.05, 0) is 44.0 Å². The number of methoxy groups -OCH3 is 1. The molecule has 10 nitrogen and oxygen atoms in total. The number of allylic oxidation sites excluding steroid dienone is 2. The molecule has 4 heterocycles. The van der Waals surface area contributed by atoms with E-state index in [2.05, 4.69) is 44.2 Å². The molecule has 0 radical (unpaired) electrons. The van der Waals surface area contributed by atoms with Crippen LogP contribution < -0.4 is 16.0 Å². The van der Waals surface area contributed by atoms with Gasteiger partial charge in [0.15, 0.2) is 17.2 Å². The summed E-state index contributed by atoms with van der Waals surface area (Å²) in [4.78, 5) is 19.7. The molecule has 0 aromatic carbocycles. The minimum atomic E-state index is -0.202. The predicted octanol–water partition coefficient (Wildman–Crippen LogP) is 1.98. The van der Waals surface area contributed by atoms with Gasteiger partial charge in [-0.15, -0.1) is 5.10 Å². The summed E-state index contributed by atoms with van der Waals surface area (Å²) in [6, 6.07) is 2.41. The van der Waals surface area contributed by atoms with Crippen LogP contribution in [0.15, 0.2) is 36.3 Å². The molecule has 2 aromatic rings. The third-order valence-corrected chi connectivity index (χ3v) is 6.68. The van der Waals surface area contributed by atoms with E-state index in [1.807, 2.05) is 13.1 Å². The molecule has 0 spiro atoms. The molecule has 2 aromatic heterocycles. The summed E-state index contributed by atoms with van der Waals surface area (Å²) in [6.07, 6.45) is 11.8. The number of rotatable bonds is 7. The number of aromatic nitrogens is 3. The highest BCUT2D eigenvalue weighted by Gasteiger charge is 2.33. The lowest BCUT2D eigenvalue weighted by atomic mass is 9.89. The lowest BCUT2D eigenvalue weighted by Crippen LogP contribution is -2.51. The standard InChI is InChI=1S/C23H31N7O3/c1-24-18-12-21(26-15-4-3-9-29(14-15)16-7-10-33-11-8-16)28-30-19(13-25-22(18)30)23(31)27-17-5-6-20(17)32-2/h3-4,9,12-13,16-17,20,24H,5-8,10-11,14H2,1-2H3,(H,26,28)(H,27,31)/t17?,20-/m1/s1. The third-order valence-electron chi connectivity index (χ3n) is 6.68. The minimum Gasteiger partial charge on any atom is -0.385 e. The summed E-state index contributed by atoms with van der Waals surface area (Å²) < 4.78 is 12.5. The SMILES string of the molecule is CNc1cc(NC2=CC=CN(C3CCOCC3)C2)nn2c(C(=O)NC3CC[C@H]3OC)cnc12. The average molecular weight is 454 g/mol. The van der Waals surface area contributed by atoms with E-state index in [4.69, 9.17) is 14.6 Å². The van der Waals surface area contributed by atoms with E-state index in [1.165, 1.54) is 0 Å². The highest BCUT2D eigenvalue weighted by Crippen LogP contribution is 2.25. The zero-order chi connectivity index (χ0) is 22.8. The van der Waals surface area contributed by atoms with Crippen LogP contribution in [0.5, 0.6) is 0 Å². The van der Waals surface area contributed by atoms with Gasteiger partial charge in [0, 0.05) is 45.2 Å². The van der Waals surface area contributed by atoms with Crippen molar-refractivity contribution in [3.63, 3.8) is 0 Å². The molecule has 3 aliphatic rings. The number of ether oxygens (including phenoxy) is 2. The summed E-state index contributed by atoms with van der Waals surface area (Å²) in [5.41, 5.74) is 2.83. The van der Waals surface area contributed by atoms with Crippen molar-refractivity contribution in [2.75, 3.05) is 44.5 Å². The topological polar surface area (TPSA) is 105 Å². The fraction of sp³-hybridized carbons (Fsp3) is 0.522. The molecule has 1 amide bonds. The van der Waals surface area contributed by atoms with Gasteiger partial charge in [0.25, 0.3) is 5.91 Å². The first kappa shape index (κ1) is 21.7. The van der Waals surface area contributed by atoms with Crippen LogP contribution in [0.25, 0.3) is 5.65 Å². The quantitative estimate of drug-likeness (QED) is 0.585. The van der Waals surface area contributed by atoms with Crippen molar-refractivity contribution >= 4 is 23.1 Å². The molecule has 1 saturated carbocycles. The van der Waals surface area contributed by atoms with E-state index in [1.54, 1.807) is 17.8 Å².